The molecule has 0 unspecified atom stereocenters. The van der Waals surface area contributed by atoms with Crippen LogP contribution in [0.1, 0.15) is 38.3 Å². The molecule has 1 N–H and O–H groups in total. The zero-order valence-electron chi connectivity index (χ0n) is 20.7. The van der Waals surface area contributed by atoms with Crippen molar-refractivity contribution in [3.05, 3.63) is 63.6 Å². The molecule has 0 aliphatic rings. The smallest absolute Gasteiger partial charge is 0.244 e. The van der Waals surface area contributed by atoms with Crippen molar-refractivity contribution in [3.8, 4) is 0 Å². The lowest BCUT2D eigenvalue weighted by atomic mass is 10.1. The summed E-state index contributed by atoms with van der Waals surface area (Å²) in [5.41, 5.74) is 1.79. The van der Waals surface area contributed by atoms with Gasteiger partial charge < -0.3 is 10.2 Å². The summed E-state index contributed by atoms with van der Waals surface area (Å²) in [7, 11) is -3.78. The Morgan fingerprint density at radius 3 is 2.26 bits per heavy atom. The number of nitrogens with zero attached hydrogens (tertiary/aromatic N) is 2. The molecule has 0 bridgehead atoms. The van der Waals surface area contributed by atoms with Crippen molar-refractivity contribution in [2.24, 2.45) is 5.92 Å². The number of halogens is 2. The van der Waals surface area contributed by atoms with Gasteiger partial charge in [0.15, 0.2) is 0 Å². The number of aryl methyl sites for hydroxylation is 1. The van der Waals surface area contributed by atoms with Gasteiger partial charge in [-0.1, -0.05) is 68.2 Å². The molecule has 0 aliphatic carbocycles. The van der Waals surface area contributed by atoms with Crippen molar-refractivity contribution >= 4 is 50.7 Å². The third kappa shape index (κ3) is 8.12. The number of rotatable bonds is 11. The fraction of sp³-hybridized carbons (Fsp3) is 0.440. The highest BCUT2D eigenvalue weighted by molar-refractivity contribution is 7.92. The van der Waals surface area contributed by atoms with Gasteiger partial charge in [-0.15, -0.1) is 0 Å². The van der Waals surface area contributed by atoms with Gasteiger partial charge in [0, 0.05) is 13.1 Å². The predicted molar refractivity (Wildman–Crippen MR) is 142 cm³/mol. The van der Waals surface area contributed by atoms with Crippen LogP contribution in [0.4, 0.5) is 5.69 Å². The Kier molecular flexibility index (Phi) is 10.4. The maximum absolute atomic E-state index is 13.7. The number of nitrogens with one attached hydrogen (secondary N) is 1. The third-order valence-electron chi connectivity index (χ3n) is 5.47. The number of amides is 2. The van der Waals surface area contributed by atoms with Gasteiger partial charge in [0.05, 0.1) is 22.0 Å². The van der Waals surface area contributed by atoms with Gasteiger partial charge in [-0.2, -0.15) is 0 Å². The lowest BCUT2D eigenvalue weighted by molar-refractivity contribution is -0.140. The second kappa shape index (κ2) is 12.6. The van der Waals surface area contributed by atoms with E-state index >= 15 is 0 Å². The van der Waals surface area contributed by atoms with Crippen LogP contribution < -0.4 is 9.62 Å². The van der Waals surface area contributed by atoms with Crippen LogP contribution in [-0.4, -0.2) is 50.5 Å². The van der Waals surface area contributed by atoms with Crippen molar-refractivity contribution in [1.29, 1.82) is 0 Å². The summed E-state index contributed by atoms with van der Waals surface area (Å²) in [5, 5.41) is 3.59. The second-order valence-corrected chi connectivity index (χ2v) is 11.6. The first-order valence-electron chi connectivity index (χ1n) is 11.4. The minimum atomic E-state index is -3.78. The van der Waals surface area contributed by atoms with Crippen molar-refractivity contribution in [3.63, 3.8) is 0 Å². The van der Waals surface area contributed by atoms with Crippen LogP contribution in [0.2, 0.25) is 10.0 Å². The zero-order chi connectivity index (χ0) is 26.3. The molecule has 0 radical (unpaired) electrons. The largest absolute Gasteiger partial charge is 0.354 e. The fourth-order valence-corrected chi connectivity index (χ4v) is 4.84. The van der Waals surface area contributed by atoms with Crippen LogP contribution in [0, 0.1) is 12.8 Å². The number of carbonyl (C=O) groups excluding carboxylic acids is 2. The SMILES string of the molecule is CC[C@@H](C(=O)NCC(C)C)N(Cc1ccc(Cl)c(Cl)c1)C(=O)CN(c1ccccc1C)S(C)(=O)=O. The average molecular weight is 543 g/mol. The molecule has 0 spiro atoms. The van der Waals surface area contributed by atoms with Crippen LogP contribution in [0.3, 0.4) is 0 Å². The minimum Gasteiger partial charge on any atom is -0.354 e. The molecule has 35 heavy (non-hydrogen) atoms. The standard InChI is InChI=1S/C25H33Cl2N3O4S/c1-6-22(25(32)28-14-17(2)3)29(15-19-11-12-20(26)21(27)13-19)24(31)16-30(35(5,33)34)23-10-8-7-9-18(23)4/h7-13,17,22H,6,14-16H2,1-5H3,(H,28,32)/t22-/m0/s1. The maximum atomic E-state index is 13.7. The van der Waals surface area contributed by atoms with Gasteiger partial charge >= 0.3 is 0 Å². The molecule has 0 heterocycles. The topological polar surface area (TPSA) is 86.8 Å². The number of hydrogen-bond acceptors (Lipinski definition) is 4. The number of anilines is 1. The maximum Gasteiger partial charge on any atom is 0.244 e. The van der Waals surface area contributed by atoms with E-state index in [-0.39, 0.29) is 18.4 Å². The quantitative estimate of drug-likeness (QED) is 0.448. The molecule has 0 aliphatic heterocycles. The van der Waals surface area contributed by atoms with E-state index in [4.69, 9.17) is 23.2 Å². The highest BCUT2D eigenvalue weighted by Crippen LogP contribution is 2.25. The van der Waals surface area contributed by atoms with Crippen LogP contribution in [0.5, 0.6) is 0 Å². The fourth-order valence-electron chi connectivity index (χ4n) is 3.61. The van der Waals surface area contributed by atoms with Crippen LogP contribution in [0.25, 0.3) is 0 Å². The van der Waals surface area contributed by atoms with Gasteiger partial charge in [-0.25, -0.2) is 8.42 Å². The van der Waals surface area contributed by atoms with Crippen molar-refractivity contribution in [2.45, 2.75) is 46.7 Å². The molecular weight excluding hydrogens is 509 g/mol. The number of para-hydroxylation sites is 1. The van der Waals surface area contributed by atoms with E-state index in [9.17, 15) is 18.0 Å². The molecule has 2 amide bonds. The molecule has 2 aromatic carbocycles. The first kappa shape index (κ1) is 28.9. The molecule has 192 valence electrons. The summed E-state index contributed by atoms with van der Waals surface area (Å²) in [6.45, 7) is 7.62. The van der Waals surface area contributed by atoms with E-state index in [1.165, 1.54) is 4.90 Å². The number of hydrogen-bond donors (Lipinski definition) is 1. The molecule has 10 heteroatoms. The van der Waals surface area contributed by atoms with Gasteiger partial charge in [0.2, 0.25) is 21.8 Å². The Hall–Kier alpha value is -2.29. The van der Waals surface area contributed by atoms with Crippen molar-refractivity contribution < 1.29 is 18.0 Å². The average Bonchev–Trinajstić information content (AvgIpc) is 2.78. The predicted octanol–water partition coefficient (Wildman–Crippen LogP) is 4.65. The van der Waals surface area contributed by atoms with Crippen LogP contribution in [0.15, 0.2) is 42.5 Å². The minimum absolute atomic E-state index is 0.0642. The van der Waals surface area contributed by atoms with Crippen LogP contribution in [-0.2, 0) is 26.2 Å². The molecule has 0 saturated carbocycles. The van der Waals surface area contributed by atoms with E-state index in [0.717, 1.165) is 10.6 Å². The Morgan fingerprint density at radius 1 is 1.06 bits per heavy atom. The lowest BCUT2D eigenvalue weighted by Gasteiger charge is -2.33. The summed E-state index contributed by atoms with van der Waals surface area (Å²) in [6.07, 6.45) is 1.41. The van der Waals surface area contributed by atoms with Gasteiger partial charge in [0.25, 0.3) is 0 Å². The zero-order valence-corrected chi connectivity index (χ0v) is 23.0. The Bertz CT molecular complexity index is 1160. The number of carbonyl (C=O) groups is 2. The van der Waals surface area contributed by atoms with Gasteiger partial charge in [-0.3, -0.25) is 13.9 Å². The van der Waals surface area contributed by atoms with Crippen molar-refractivity contribution in [2.75, 3.05) is 23.7 Å². The van der Waals surface area contributed by atoms with E-state index in [1.54, 1.807) is 49.4 Å². The summed E-state index contributed by atoms with van der Waals surface area (Å²) in [5.74, 6) is -0.565. The van der Waals surface area contributed by atoms with E-state index in [1.807, 2.05) is 20.8 Å². The summed E-state index contributed by atoms with van der Waals surface area (Å²) in [6, 6.07) is 11.1. The summed E-state index contributed by atoms with van der Waals surface area (Å²) in [4.78, 5) is 28.1. The van der Waals surface area contributed by atoms with E-state index < -0.39 is 28.5 Å². The molecule has 2 aromatic rings. The molecule has 1 atom stereocenters. The highest BCUT2D eigenvalue weighted by Gasteiger charge is 2.32. The Morgan fingerprint density at radius 2 is 1.71 bits per heavy atom. The van der Waals surface area contributed by atoms with E-state index in [0.29, 0.717) is 39.8 Å². The van der Waals surface area contributed by atoms with Crippen molar-refractivity contribution in [1.82, 2.24) is 10.2 Å². The van der Waals surface area contributed by atoms with Gasteiger partial charge in [0.1, 0.15) is 12.6 Å². The Balaban J connectivity index is 2.46. The van der Waals surface area contributed by atoms with Gasteiger partial charge in [-0.05, 0) is 48.6 Å². The molecular formula is C25H33Cl2N3O4S. The summed E-state index contributed by atoms with van der Waals surface area (Å²) < 4.78 is 26.4. The molecule has 7 nitrogen and oxygen atoms in total. The molecule has 0 fully saturated rings. The first-order chi connectivity index (χ1) is 16.3. The Labute approximate surface area is 218 Å². The normalized spacial score (nSPS) is 12.3. The highest BCUT2D eigenvalue weighted by atomic mass is 35.5. The second-order valence-electron chi connectivity index (χ2n) is 8.89. The number of sulfonamides is 1. The lowest BCUT2D eigenvalue weighted by Crippen LogP contribution is -2.52. The third-order valence-corrected chi connectivity index (χ3v) is 7.34. The van der Waals surface area contributed by atoms with Crippen LogP contribution >= 0.6 is 23.2 Å². The number of benzene rings is 2. The monoisotopic (exact) mass is 541 g/mol. The summed E-state index contributed by atoms with van der Waals surface area (Å²) >= 11 is 12.2. The molecule has 0 saturated heterocycles. The first-order valence-corrected chi connectivity index (χ1v) is 14.0. The molecule has 0 aromatic heterocycles. The van der Waals surface area contributed by atoms with E-state index in [2.05, 4.69) is 5.32 Å². The molecule has 2 rings (SSSR count).